The van der Waals surface area contributed by atoms with Crippen LogP contribution in [0.4, 0.5) is 9.59 Å². The van der Waals surface area contributed by atoms with Crippen LogP contribution in [0, 0.1) is 11.8 Å². The minimum atomic E-state index is -1.21. The Morgan fingerprint density at radius 1 is 0.694 bits per heavy atom. The fourth-order valence-corrected chi connectivity index (χ4v) is 8.97. The number of carbonyl (C=O) groups is 2. The highest BCUT2D eigenvalue weighted by Crippen LogP contribution is 2.39. The van der Waals surface area contributed by atoms with Crippen LogP contribution in [0.15, 0.2) is 36.4 Å². The third-order valence-corrected chi connectivity index (χ3v) is 13.1. The molecule has 0 bridgehead atoms. The molecule has 5 atom stereocenters. The first-order valence-electron chi connectivity index (χ1n) is 22.9. The zero-order valence-electron chi connectivity index (χ0n) is 42.2. The van der Waals surface area contributed by atoms with Crippen molar-refractivity contribution in [2.24, 2.45) is 17.6 Å². The molecule has 3 N–H and O–H groups in total. The van der Waals surface area contributed by atoms with Gasteiger partial charge in [0.05, 0.1) is 33.2 Å². The number of aromatic nitrogens is 2. The third kappa shape index (κ3) is 16.2. The van der Waals surface area contributed by atoms with E-state index in [1.165, 1.54) is 0 Å². The van der Waals surface area contributed by atoms with Gasteiger partial charge in [0.15, 0.2) is 0 Å². The standard InChI is InChI=1S/C27H47N3O3S.C23H39N3O2/c1-24(2,3)22-14-12-13-20(28-22)21(29-34(32)26(7,8)9)16-15-19-17-27(10,11)30(18-19)23(31)33-25(4,5)6;1-21(2,3)19-11-9-10-18(25-19)17(24)13-12-16-14-23(7,8)26(15-16)20(27)28-22(4,5)6/h12-14,19,21,29H,15-18H2,1-11H3;9-11,16-17H,12-15,24H2,1-8H3/t19-,21?,34?;16-,17?/m00/s1. The summed E-state index contributed by atoms with van der Waals surface area (Å²) in [4.78, 5) is 38.9. The van der Waals surface area contributed by atoms with E-state index < -0.39 is 22.2 Å². The first kappa shape index (κ1) is 53.2. The number of hydrogen-bond donors (Lipinski definition) is 2. The Kier molecular flexibility index (Phi) is 17.2. The van der Waals surface area contributed by atoms with Crippen molar-refractivity contribution in [2.45, 2.75) is 220 Å². The number of nitrogens with zero attached hydrogens (tertiary/aromatic N) is 4. The number of ether oxygens (including phenoxy) is 2. The molecule has 2 aliphatic rings. The fourth-order valence-electron chi connectivity index (χ4n) is 8.11. The van der Waals surface area contributed by atoms with Crippen molar-refractivity contribution in [3.05, 3.63) is 59.2 Å². The Hall–Kier alpha value is -3.09. The Morgan fingerprint density at radius 3 is 1.47 bits per heavy atom. The van der Waals surface area contributed by atoms with Crippen LogP contribution in [-0.2, 0) is 31.3 Å². The summed E-state index contributed by atoms with van der Waals surface area (Å²) in [5.41, 5.74) is 8.94. The highest BCUT2D eigenvalue weighted by atomic mass is 32.2. The van der Waals surface area contributed by atoms with Gasteiger partial charge in [0.2, 0.25) is 0 Å². The molecule has 4 heterocycles. The quantitative estimate of drug-likeness (QED) is 0.240. The summed E-state index contributed by atoms with van der Waals surface area (Å²) in [5, 5.41) is 0. The molecule has 4 rings (SSSR count). The Balaban J connectivity index is 0.000000336. The highest BCUT2D eigenvalue weighted by Gasteiger charge is 2.44. The molecule has 2 fully saturated rings. The Bertz CT molecular complexity index is 1830. The summed E-state index contributed by atoms with van der Waals surface area (Å²) in [6, 6.07) is 12.0. The largest absolute Gasteiger partial charge is 0.444 e. The minimum Gasteiger partial charge on any atom is -0.444 e. The maximum Gasteiger partial charge on any atom is 0.410 e. The van der Waals surface area contributed by atoms with Crippen molar-refractivity contribution in [1.82, 2.24) is 24.5 Å². The molecule has 2 amide bonds. The fraction of sp³-hybridized carbons (Fsp3) is 0.760. The topological polar surface area (TPSA) is 140 Å². The highest BCUT2D eigenvalue weighted by molar-refractivity contribution is 7.84. The Labute approximate surface area is 379 Å². The SMILES string of the molecule is CC(C)(C)OC(=O)N1C[C@@H](CCC(N)c2cccc(C(C)(C)C)n2)CC1(C)C.CC(C)(C)OC(=O)N1C[C@@H](CCC(NS(=O)C(C)(C)C)c2cccc(C(C)(C)C)n2)CC1(C)C. The summed E-state index contributed by atoms with van der Waals surface area (Å²) in [7, 11) is -1.21. The van der Waals surface area contributed by atoms with E-state index in [4.69, 9.17) is 25.2 Å². The number of likely N-dealkylation sites (tertiary alicyclic amines) is 2. The molecule has 2 aliphatic heterocycles. The second-order valence-corrected chi connectivity index (χ2v) is 26.2. The van der Waals surface area contributed by atoms with Crippen LogP contribution >= 0.6 is 0 Å². The number of hydrogen-bond acceptors (Lipinski definition) is 8. The van der Waals surface area contributed by atoms with Gasteiger partial charge in [0, 0.05) is 52.4 Å². The van der Waals surface area contributed by atoms with Gasteiger partial charge in [-0.2, -0.15) is 0 Å². The average Bonchev–Trinajstić information content (AvgIpc) is 3.59. The summed E-state index contributed by atoms with van der Waals surface area (Å²) in [6.07, 6.45) is 4.96. The Morgan fingerprint density at radius 2 is 1.08 bits per heavy atom. The predicted octanol–water partition coefficient (Wildman–Crippen LogP) is 11.5. The zero-order chi connectivity index (χ0) is 47.4. The molecule has 11 nitrogen and oxygen atoms in total. The summed E-state index contributed by atoms with van der Waals surface area (Å²) >= 11 is 0. The molecule has 352 valence electrons. The molecule has 2 saturated heterocycles. The molecule has 62 heavy (non-hydrogen) atoms. The summed E-state index contributed by atoms with van der Waals surface area (Å²) in [6.45, 7) is 40.1. The number of pyridine rings is 2. The second-order valence-electron chi connectivity index (χ2n) is 24.2. The van der Waals surface area contributed by atoms with Crippen molar-refractivity contribution in [3.8, 4) is 0 Å². The van der Waals surface area contributed by atoms with Gasteiger partial charge >= 0.3 is 12.2 Å². The van der Waals surface area contributed by atoms with Crippen LogP contribution in [-0.4, -0.2) is 76.3 Å². The zero-order valence-corrected chi connectivity index (χ0v) is 43.1. The van der Waals surface area contributed by atoms with Crippen LogP contribution in [0.2, 0.25) is 0 Å². The molecule has 0 spiro atoms. The molecular formula is C50H86N6O5S. The molecule has 0 aromatic carbocycles. The maximum atomic E-state index is 13.0. The smallest absolute Gasteiger partial charge is 0.410 e. The lowest BCUT2D eigenvalue weighted by Crippen LogP contribution is -2.45. The number of rotatable bonds is 10. The predicted molar refractivity (Wildman–Crippen MR) is 255 cm³/mol. The van der Waals surface area contributed by atoms with E-state index in [1.54, 1.807) is 0 Å². The molecular weight excluding hydrogens is 797 g/mol. The number of nitrogens with one attached hydrogen (secondary N) is 1. The van der Waals surface area contributed by atoms with Gasteiger partial charge < -0.3 is 25.0 Å². The third-order valence-electron chi connectivity index (χ3n) is 11.5. The molecule has 0 saturated carbocycles. The van der Waals surface area contributed by atoms with Gasteiger partial charge in [-0.3, -0.25) is 9.97 Å². The van der Waals surface area contributed by atoms with Crippen LogP contribution in [0.25, 0.3) is 0 Å². The van der Waals surface area contributed by atoms with Crippen molar-refractivity contribution in [3.63, 3.8) is 0 Å². The molecule has 0 radical (unpaired) electrons. The van der Waals surface area contributed by atoms with Crippen molar-refractivity contribution in [2.75, 3.05) is 13.1 Å². The van der Waals surface area contributed by atoms with Crippen LogP contribution in [0.1, 0.15) is 205 Å². The lowest BCUT2D eigenvalue weighted by Gasteiger charge is -2.33. The molecule has 2 aromatic rings. The van der Waals surface area contributed by atoms with Gasteiger partial charge in [-0.15, -0.1) is 0 Å². The number of carbonyl (C=O) groups excluding carboxylic acids is 2. The van der Waals surface area contributed by atoms with Crippen LogP contribution in [0.3, 0.4) is 0 Å². The molecule has 2 aromatic heterocycles. The lowest BCUT2D eigenvalue weighted by molar-refractivity contribution is 0.0118. The van der Waals surface area contributed by atoms with Crippen molar-refractivity contribution < 1.29 is 23.3 Å². The maximum absolute atomic E-state index is 13.0. The van der Waals surface area contributed by atoms with Gasteiger partial charge in [0.1, 0.15) is 11.2 Å². The number of amides is 2. The van der Waals surface area contributed by atoms with Gasteiger partial charge in [-0.1, -0.05) is 53.7 Å². The van der Waals surface area contributed by atoms with Gasteiger partial charge in [-0.25, -0.2) is 18.5 Å². The number of nitrogens with two attached hydrogens (primary N) is 1. The second kappa shape index (κ2) is 20.0. The first-order valence-corrected chi connectivity index (χ1v) is 24.0. The van der Waals surface area contributed by atoms with Crippen molar-refractivity contribution >= 4 is 23.2 Å². The van der Waals surface area contributed by atoms with Gasteiger partial charge in [-0.05, 0) is 165 Å². The monoisotopic (exact) mass is 883 g/mol. The normalized spacial score (nSPS) is 20.8. The minimum absolute atomic E-state index is 0.0130. The van der Waals surface area contributed by atoms with Crippen molar-refractivity contribution in [1.29, 1.82) is 0 Å². The van der Waals surface area contributed by atoms with E-state index in [0.29, 0.717) is 18.4 Å². The van der Waals surface area contributed by atoms with E-state index in [9.17, 15) is 13.8 Å². The van der Waals surface area contributed by atoms with E-state index in [-0.39, 0.29) is 50.9 Å². The van der Waals surface area contributed by atoms with Crippen LogP contribution < -0.4 is 10.5 Å². The van der Waals surface area contributed by atoms with E-state index >= 15 is 0 Å². The van der Waals surface area contributed by atoms with E-state index in [2.05, 4.69) is 86.1 Å². The first-order chi connectivity index (χ1) is 28.0. The van der Waals surface area contributed by atoms with Crippen LogP contribution in [0.5, 0.6) is 0 Å². The average molecular weight is 883 g/mol. The molecule has 12 heteroatoms. The van der Waals surface area contributed by atoms with Gasteiger partial charge in [0.25, 0.3) is 0 Å². The molecule has 3 unspecified atom stereocenters. The van der Waals surface area contributed by atoms with E-state index in [0.717, 1.165) is 67.8 Å². The lowest BCUT2D eigenvalue weighted by atomic mass is 9.90. The molecule has 0 aliphatic carbocycles. The summed E-state index contributed by atoms with van der Waals surface area (Å²) < 4.78 is 27.3. The summed E-state index contributed by atoms with van der Waals surface area (Å²) in [5.74, 6) is 0.778. The van der Waals surface area contributed by atoms with E-state index in [1.807, 2.05) is 96.4 Å².